The highest BCUT2D eigenvalue weighted by Crippen LogP contribution is 2.32. The molecule has 0 bridgehead atoms. The molecule has 2 nitrogen and oxygen atoms in total. The fraction of sp³-hybridized carbons (Fsp3) is 0.600. The van der Waals surface area contributed by atoms with Gasteiger partial charge in [-0.05, 0) is 24.0 Å². The second kappa shape index (κ2) is 2.94. The van der Waals surface area contributed by atoms with E-state index in [0.29, 0.717) is 0 Å². The molecule has 0 spiro atoms. The van der Waals surface area contributed by atoms with Gasteiger partial charge in [0, 0.05) is 0 Å². The van der Waals surface area contributed by atoms with Crippen LogP contribution in [0.1, 0.15) is 38.1 Å². The third-order valence-corrected chi connectivity index (χ3v) is 2.12. The van der Waals surface area contributed by atoms with E-state index in [9.17, 15) is 0 Å². The zero-order valence-electron chi connectivity index (χ0n) is 8.22. The number of hydrogen-bond acceptors (Lipinski definition) is 2. The van der Waals surface area contributed by atoms with E-state index in [1.165, 1.54) is 0 Å². The molecule has 1 heterocycles. The van der Waals surface area contributed by atoms with Crippen molar-refractivity contribution in [1.29, 1.82) is 0 Å². The fourth-order valence-corrected chi connectivity index (χ4v) is 1.10. The van der Waals surface area contributed by atoms with E-state index in [4.69, 9.17) is 10.2 Å². The number of aryl methyl sites for hydroxylation is 1. The normalized spacial score (nSPS) is 14.8. The Hall–Kier alpha value is -0.760. The molecular weight excluding hydrogens is 150 g/mol. The zero-order chi connectivity index (χ0) is 9.35. The summed E-state index contributed by atoms with van der Waals surface area (Å²) >= 11 is 0. The zero-order valence-corrected chi connectivity index (χ0v) is 8.22. The van der Waals surface area contributed by atoms with Gasteiger partial charge in [-0.1, -0.05) is 20.8 Å². The SMILES string of the molecule is Cc1ccoc1C(N)C(C)(C)C. The molecule has 1 rings (SSSR count). The fourth-order valence-electron chi connectivity index (χ4n) is 1.10. The first-order valence-corrected chi connectivity index (χ1v) is 4.22. The molecule has 0 saturated carbocycles. The van der Waals surface area contributed by atoms with E-state index in [-0.39, 0.29) is 11.5 Å². The summed E-state index contributed by atoms with van der Waals surface area (Å²) in [6, 6.07) is 1.92. The summed E-state index contributed by atoms with van der Waals surface area (Å²) in [7, 11) is 0. The average Bonchev–Trinajstić information content (AvgIpc) is 2.31. The molecule has 1 aromatic rings. The van der Waals surface area contributed by atoms with Gasteiger partial charge < -0.3 is 10.2 Å². The minimum Gasteiger partial charge on any atom is -0.467 e. The number of furan rings is 1. The summed E-state index contributed by atoms with van der Waals surface area (Å²) in [5.74, 6) is 0.905. The Balaban J connectivity index is 2.92. The van der Waals surface area contributed by atoms with Gasteiger partial charge in [0.1, 0.15) is 5.76 Å². The van der Waals surface area contributed by atoms with Crippen LogP contribution >= 0.6 is 0 Å². The highest BCUT2D eigenvalue weighted by atomic mass is 16.3. The molecule has 0 aliphatic rings. The van der Waals surface area contributed by atoms with Crippen molar-refractivity contribution >= 4 is 0 Å². The summed E-state index contributed by atoms with van der Waals surface area (Å²) in [5, 5.41) is 0. The Labute approximate surface area is 73.8 Å². The molecule has 1 aromatic heterocycles. The maximum Gasteiger partial charge on any atom is 0.123 e. The molecule has 0 aliphatic carbocycles. The van der Waals surface area contributed by atoms with Crippen LogP contribution in [0.2, 0.25) is 0 Å². The molecule has 0 fully saturated rings. The Bertz CT molecular complexity index is 257. The Kier molecular flexibility index (Phi) is 2.29. The van der Waals surface area contributed by atoms with Crippen LogP contribution in [-0.2, 0) is 0 Å². The lowest BCUT2D eigenvalue weighted by Gasteiger charge is -2.25. The summed E-state index contributed by atoms with van der Waals surface area (Å²) in [6.07, 6.45) is 1.69. The lowest BCUT2D eigenvalue weighted by atomic mass is 9.85. The van der Waals surface area contributed by atoms with E-state index < -0.39 is 0 Å². The summed E-state index contributed by atoms with van der Waals surface area (Å²) in [6.45, 7) is 8.35. The maximum absolute atomic E-state index is 6.02. The second-order valence-corrected chi connectivity index (χ2v) is 4.31. The van der Waals surface area contributed by atoms with Gasteiger partial charge in [-0.3, -0.25) is 0 Å². The molecule has 0 aliphatic heterocycles. The van der Waals surface area contributed by atoms with Crippen molar-refractivity contribution in [3.63, 3.8) is 0 Å². The molecule has 12 heavy (non-hydrogen) atoms. The third kappa shape index (κ3) is 1.69. The maximum atomic E-state index is 6.02. The molecule has 68 valence electrons. The molecule has 1 unspecified atom stereocenters. The van der Waals surface area contributed by atoms with Gasteiger partial charge in [-0.15, -0.1) is 0 Å². The van der Waals surface area contributed by atoms with Crippen LogP contribution in [-0.4, -0.2) is 0 Å². The van der Waals surface area contributed by atoms with Crippen LogP contribution in [0.25, 0.3) is 0 Å². The average molecular weight is 167 g/mol. The molecule has 0 saturated heterocycles. The smallest absolute Gasteiger partial charge is 0.123 e. The highest BCUT2D eigenvalue weighted by Gasteiger charge is 2.25. The van der Waals surface area contributed by atoms with Crippen LogP contribution in [0.4, 0.5) is 0 Å². The molecule has 0 radical (unpaired) electrons. The van der Waals surface area contributed by atoms with Crippen LogP contribution < -0.4 is 5.73 Å². The molecule has 1 atom stereocenters. The number of rotatable bonds is 1. The van der Waals surface area contributed by atoms with Crippen molar-refractivity contribution in [2.75, 3.05) is 0 Å². The van der Waals surface area contributed by atoms with Crippen LogP contribution in [0.3, 0.4) is 0 Å². The third-order valence-electron chi connectivity index (χ3n) is 2.12. The van der Waals surface area contributed by atoms with Gasteiger partial charge in [0.15, 0.2) is 0 Å². The van der Waals surface area contributed by atoms with Gasteiger partial charge in [0.05, 0.1) is 12.3 Å². The van der Waals surface area contributed by atoms with E-state index in [1.54, 1.807) is 6.26 Å². The standard InChI is InChI=1S/C10H17NO/c1-7-5-6-12-8(7)9(11)10(2,3)4/h5-6,9H,11H2,1-4H3. The van der Waals surface area contributed by atoms with Gasteiger partial charge in [-0.2, -0.15) is 0 Å². The number of nitrogens with two attached hydrogens (primary N) is 1. The quantitative estimate of drug-likeness (QED) is 0.698. The van der Waals surface area contributed by atoms with Crippen LogP contribution in [0.5, 0.6) is 0 Å². The minimum atomic E-state index is -0.0208. The van der Waals surface area contributed by atoms with E-state index in [2.05, 4.69) is 20.8 Å². The molecule has 2 heteroatoms. The van der Waals surface area contributed by atoms with E-state index >= 15 is 0 Å². The van der Waals surface area contributed by atoms with Gasteiger partial charge in [-0.25, -0.2) is 0 Å². The lowest BCUT2D eigenvalue weighted by Crippen LogP contribution is -2.26. The Morgan fingerprint density at radius 3 is 2.33 bits per heavy atom. The van der Waals surface area contributed by atoms with Gasteiger partial charge in [0.2, 0.25) is 0 Å². The van der Waals surface area contributed by atoms with E-state index in [0.717, 1.165) is 11.3 Å². The summed E-state index contributed by atoms with van der Waals surface area (Å²) in [5.41, 5.74) is 7.22. The molecular formula is C10H17NO. The minimum absolute atomic E-state index is 0.0208. The lowest BCUT2D eigenvalue weighted by molar-refractivity contribution is 0.284. The van der Waals surface area contributed by atoms with E-state index in [1.807, 2.05) is 13.0 Å². The van der Waals surface area contributed by atoms with Crippen molar-refractivity contribution in [3.05, 3.63) is 23.7 Å². The van der Waals surface area contributed by atoms with Crippen molar-refractivity contribution in [3.8, 4) is 0 Å². The Morgan fingerprint density at radius 1 is 1.42 bits per heavy atom. The van der Waals surface area contributed by atoms with Crippen molar-refractivity contribution in [1.82, 2.24) is 0 Å². The molecule has 0 aromatic carbocycles. The second-order valence-electron chi connectivity index (χ2n) is 4.31. The van der Waals surface area contributed by atoms with Crippen molar-refractivity contribution in [2.45, 2.75) is 33.7 Å². The van der Waals surface area contributed by atoms with Crippen molar-refractivity contribution < 1.29 is 4.42 Å². The van der Waals surface area contributed by atoms with Gasteiger partial charge in [0.25, 0.3) is 0 Å². The summed E-state index contributed by atoms with van der Waals surface area (Å²) in [4.78, 5) is 0. The topological polar surface area (TPSA) is 39.2 Å². The molecule has 2 N–H and O–H groups in total. The molecule has 0 amide bonds. The largest absolute Gasteiger partial charge is 0.467 e. The highest BCUT2D eigenvalue weighted by molar-refractivity contribution is 5.19. The first-order chi connectivity index (χ1) is 5.43. The predicted octanol–water partition coefficient (Wildman–Crippen LogP) is 2.63. The van der Waals surface area contributed by atoms with Crippen LogP contribution in [0, 0.1) is 12.3 Å². The first kappa shape index (κ1) is 9.33. The summed E-state index contributed by atoms with van der Waals surface area (Å²) < 4.78 is 5.33. The Morgan fingerprint density at radius 2 is 2.00 bits per heavy atom. The first-order valence-electron chi connectivity index (χ1n) is 4.22. The van der Waals surface area contributed by atoms with Crippen LogP contribution in [0.15, 0.2) is 16.7 Å². The van der Waals surface area contributed by atoms with Crippen molar-refractivity contribution in [2.24, 2.45) is 11.1 Å². The number of hydrogen-bond donors (Lipinski definition) is 1. The van der Waals surface area contributed by atoms with Gasteiger partial charge >= 0.3 is 0 Å². The predicted molar refractivity (Wildman–Crippen MR) is 49.8 cm³/mol. The monoisotopic (exact) mass is 167 g/mol.